The SMILES string of the molecule is Cc1nc(C)n(C(C)CC(C)(C)C)c1C. The van der Waals surface area contributed by atoms with Crippen molar-refractivity contribution in [3.63, 3.8) is 0 Å². The number of hydrogen-bond donors (Lipinski definition) is 0. The summed E-state index contributed by atoms with van der Waals surface area (Å²) in [5, 5.41) is 0. The van der Waals surface area contributed by atoms with Gasteiger partial charge in [0.15, 0.2) is 0 Å². The van der Waals surface area contributed by atoms with E-state index in [2.05, 4.69) is 58.0 Å². The third kappa shape index (κ3) is 2.83. The van der Waals surface area contributed by atoms with Gasteiger partial charge in [0.25, 0.3) is 0 Å². The predicted molar refractivity (Wildman–Crippen MR) is 65.2 cm³/mol. The van der Waals surface area contributed by atoms with Crippen molar-refractivity contribution in [1.82, 2.24) is 9.55 Å². The lowest BCUT2D eigenvalue weighted by Gasteiger charge is -2.26. The predicted octanol–water partition coefficient (Wildman–Crippen LogP) is 3.81. The second-order valence-electron chi connectivity index (χ2n) is 5.81. The minimum Gasteiger partial charge on any atom is -0.329 e. The van der Waals surface area contributed by atoms with Crippen molar-refractivity contribution in [2.75, 3.05) is 0 Å². The van der Waals surface area contributed by atoms with Gasteiger partial charge in [-0.15, -0.1) is 0 Å². The lowest BCUT2D eigenvalue weighted by Crippen LogP contribution is -2.16. The Hall–Kier alpha value is -0.790. The van der Waals surface area contributed by atoms with Gasteiger partial charge in [0.1, 0.15) is 5.82 Å². The van der Waals surface area contributed by atoms with Gasteiger partial charge in [0.2, 0.25) is 0 Å². The van der Waals surface area contributed by atoms with Crippen LogP contribution in [0.25, 0.3) is 0 Å². The van der Waals surface area contributed by atoms with E-state index in [1.54, 1.807) is 0 Å². The molecular weight excluding hydrogens is 184 g/mol. The molecule has 0 bridgehead atoms. The van der Waals surface area contributed by atoms with Gasteiger partial charge < -0.3 is 4.57 Å². The maximum atomic E-state index is 4.52. The fraction of sp³-hybridized carbons (Fsp3) is 0.769. The molecule has 1 aromatic rings. The zero-order valence-electron chi connectivity index (χ0n) is 11.2. The molecular formula is C13H24N2. The third-order valence-electron chi connectivity index (χ3n) is 2.91. The normalized spacial score (nSPS) is 14.3. The molecule has 2 nitrogen and oxygen atoms in total. The number of aryl methyl sites for hydroxylation is 2. The minimum atomic E-state index is 0.371. The standard InChI is InChI=1S/C13H24N2/c1-9(8-13(5,6)7)15-11(3)10(2)14-12(15)4/h9H,8H2,1-7H3. The topological polar surface area (TPSA) is 17.8 Å². The van der Waals surface area contributed by atoms with Crippen LogP contribution in [0.15, 0.2) is 0 Å². The lowest BCUT2D eigenvalue weighted by molar-refractivity contribution is 0.301. The Morgan fingerprint density at radius 1 is 1.20 bits per heavy atom. The third-order valence-corrected chi connectivity index (χ3v) is 2.91. The van der Waals surface area contributed by atoms with Crippen LogP contribution in [0.4, 0.5) is 0 Å². The number of rotatable bonds is 2. The molecule has 0 aromatic carbocycles. The summed E-state index contributed by atoms with van der Waals surface area (Å²) in [5.41, 5.74) is 2.84. The molecule has 0 aliphatic heterocycles. The van der Waals surface area contributed by atoms with Crippen molar-refractivity contribution in [1.29, 1.82) is 0 Å². The molecule has 1 unspecified atom stereocenters. The monoisotopic (exact) mass is 208 g/mol. The second-order valence-corrected chi connectivity index (χ2v) is 5.81. The summed E-state index contributed by atoms with van der Waals surface area (Å²) in [6.07, 6.45) is 1.18. The number of imidazole rings is 1. The highest BCUT2D eigenvalue weighted by molar-refractivity contribution is 5.14. The highest BCUT2D eigenvalue weighted by Crippen LogP contribution is 2.29. The molecule has 86 valence electrons. The van der Waals surface area contributed by atoms with Gasteiger partial charge in [-0.05, 0) is 39.5 Å². The molecule has 0 fully saturated rings. The van der Waals surface area contributed by atoms with E-state index in [1.165, 1.54) is 12.1 Å². The molecule has 1 aromatic heterocycles. The molecule has 0 saturated heterocycles. The fourth-order valence-corrected chi connectivity index (χ4v) is 2.42. The number of aromatic nitrogens is 2. The van der Waals surface area contributed by atoms with Crippen LogP contribution in [0.2, 0.25) is 0 Å². The molecule has 0 spiro atoms. The van der Waals surface area contributed by atoms with Crippen LogP contribution in [-0.2, 0) is 0 Å². The zero-order valence-corrected chi connectivity index (χ0v) is 11.2. The maximum Gasteiger partial charge on any atom is 0.106 e. The largest absolute Gasteiger partial charge is 0.329 e. The first-order valence-electron chi connectivity index (χ1n) is 5.74. The molecule has 0 N–H and O–H groups in total. The van der Waals surface area contributed by atoms with Gasteiger partial charge in [0.05, 0.1) is 5.69 Å². The first-order chi connectivity index (χ1) is 6.72. The number of nitrogens with zero attached hydrogens (tertiary/aromatic N) is 2. The highest BCUT2D eigenvalue weighted by atomic mass is 15.1. The Morgan fingerprint density at radius 3 is 2.07 bits per heavy atom. The molecule has 0 amide bonds. The molecule has 1 atom stereocenters. The summed E-state index contributed by atoms with van der Waals surface area (Å²) in [4.78, 5) is 4.52. The van der Waals surface area contributed by atoms with Crippen LogP contribution < -0.4 is 0 Å². The summed E-state index contributed by atoms with van der Waals surface area (Å²) >= 11 is 0. The second kappa shape index (κ2) is 3.99. The highest BCUT2D eigenvalue weighted by Gasteiger charge is 2.19. The van der Waals surface area contributed by atoms with Gasteiger partial charge in [-0.2, -0.15) is 0 Å². The summed E-state index contributed by atoms with van der Waals surface area (Å²) in [6, 6.07) is 0.534. The van der Waals surface area contributed by atoms with Crippen LogP contribution >= 0.6 is 0 Å². The maximum absolute atomic E-state index is 4.52. The van der Waals surface area contributed by atoms with Gasteiger partial charge in [0, 0.05) is 11.7 Å². The smallest absolute Gasteiger partial charge is 0.106 e. The molecule has 1 heterocycles. The van der Waals surface area contributed by atoms with Crippen LogP contribution in [0, 0.1) is 26.2 Å². The molecule has 2 heteroatoms. The molecule has 1 rings (SSSR count). The van der Waals surface area contributed by atoms with Crippen molar-refractivity contribution in [3.05, 3.63) is 17.2 Å². The van der Waals surface area contributed by atoms with Gasteiger partial charge in [-0.1, -0.05) is 20.8 Å². The Balaban J connectivity index is 2.96. The molecule has 0 aliphatic rings. The summed E-state index contributed by atoms with van der Waals surface area (Å²) in [5.74, 6) is 1.14. The van der Waals surface area contributed by atoms with E-state index < -0.39 is 0 Å². The Morgan fingerprint density at radius 2 is 1.73 bits per heavy atom. The van der Waals surface area contributed by atoms with E-state index >= 15 is 0 Å². The van der Waals surface area contributed by atoms with Crippen molar-refractivity contribution < 1.29 is 0 Å². The van der Waals surface area contributed by atoms with E-state index in [-0.39, 0.29) is 0 Å². The van der Waals surface area contributed by atoms with Crippen molar-refractivity contribution in [2.24, 2.45) is 5.41 Å². The number of hydrogen-bond acceptors (Lipinski definition) is 1. The van der Waals surface area contributed by atoms with Crippen LogP contribution in [0.3, 0.4) is 0 Å². The summed E-state index contributed by atoms with van der Waals surface area (Å²) < 4.78 is 2.36. The fourth-order valence-electron chi connectivity index (χ4n) is 2.42. The average Bonchev–Trinajstić information content (AvgIpc) is 2.22. The van der Waals surface area contributed by atoms with Gasteiger partial charge in [-0.25, -0.2) is 4.98 Å². The lowest BCUT2D eigenvalue weighted by atomic mass is 9.88. The Kier molecular flexibility index (Phi) is 3.27. The Labute approximate surface area is 93.7 Å². The van der Waals surface area contributed by atoms with E-state index in [1.807, 2.05) is 0 Å². The summed E-state index contributed by atoms with van der Waals surface area (Å²) in [6.45, 7) is 15.5. The van der Waals surface area contributed by atoms with Gasteiger partial charge >= 0.3 is 0 Å². The molecule has 0 aliphatic carbocycles. The quantitative estimate of drug-likeness (QED) is 0.722. The molecule has 0 saturated carbocycles. The first-order valence-corrected chi connectivity index (χ1v) is 5.74. The summed E-state index contributed by atoms with van der Waals surface area (Å²) in [7, 11) is 0. The van der Waals surface area contributed by atoms with E-state index in [4.69, 9.17) is 0 Å². The van der Waals surface area contributed by atoms with Crippen molar-refractivity contribution in [3.8, 4) is 0 Å². The van der Waals surface area contributed by atoms with Crippen molar-refractivity contribution in [2.45, 2.75) is 60.9 Å². The van der Waals surface area contributed by atoms with E-state index in [0.717, 1.165) is 11.5 Å². The minimum absolute atomic E-state index is 0.371. The average molecular weight is 208 g/mol. The zero-order chi connectivity index (χ0) is 11.8. The van der Waals surface area contributed by atoms with E-state index in [0.29, 0.717) is 11.5 Å². The van der Waals surface area contributed by atoms with Crippen LogP contribution in [0.1, 0.15) is 57.4 Å². The van der Waals surface area contributed by atoms with Gasteiger partial charge in [-0.3, -0.25) is 0 Å². The van der Waals surface area contributed by atoms with E-state index in [9.17, 15) is 0 Å². The Bertz CT molecular complexity index is 342. The molecule has 15 heavy (non-hydrogen) atoms. The van der Waals surface area contributed by atoms with Crippen LogP contribution in [-0.4, -0.2) is 9.55 Å². The van der Waals surface area contributed by atoms with Crippen LogP contribution in [0.5, 0.6) is 0 Å². The van der Waals surface area contributed by atoms with Crippen molar-refractivity contribution >= 4 is 0 Å². The molecule has 0 radical (unpaired) electrons. The first kappa shape index (κ1) is 12.3.